The monoisotopic (exact) mass is 291 g/mol. The average molecular weight is 291 g/mol. The highest BCUT2D eigenvalue weighted by atomic mass is 16.1. The normalized spacial score (nSPS) is 14.0. The number of benzene rings is 2. The molecule has 0 saturated heterocycles. The van der Waals surface area contributed by atoms with Gasteiger partial charge >= 0.3 is 0 Å². The maximum absolute atomic E-state index is 12.2. The van der Waals surface area contributed by atoms with Crippen LogP contribution in [0.1, 0.15) is 21.5 Å². The van der Waals surface area contributed by atoms with E-state index in [0.717, 1.165) is 25.2 Å². The smallest absolute Gasteiger partial charge is 0.255 e. The molecule has 0 spiro atoms. The van der Waals surface area contributed by atoms with Gasteiger partial charge in [0.2, 0.25) is 0 Å². The predicted octanol–water partition coefficient (Wildman–Crippen LogP) is 3.48. The van der Waals surface area contributed by atoms with E-state index in [-0.39, 0.29) is 5.91 Å². The molecule has 1 N–H and O–H groups in total. The van der Waals surface area contributed by atoms with Crippen molar-refractivity contribution in [1.29, 1.82) is 0 Å². The van der Waals surface area contributed by atoms with E-state index in [1.165, 1.54) is 11.1 Å². The van der Waals surface area contributed by atoms with Crippen LogP contribution in [0.2, 0.25) is 0 Å². The standard InChI is InChI=1S/C18H17N3O/c1-19-16-6-3-13(4-7-16)18(22)20-17-8-5-15-12-21(2)10-9-14(15)11-17/h3-8,11H,9-10,12H2,2H3,(H,20,22). The molecule has 0 aliphatic carbocycles. The maximum atomic E-state index is 12.2. The lowest BCUT2D eigenvalue weighted by Crippen LogP contribution is -2.26. The average Bonchev–Trinajstić information content (AvgIpc) is 2.55. The van der Waals surface area contributed by atoms with Gasteiger partial charge in [0.05, 0.1) is 6.57 Å². The van der Waals surface area contributed by atoms with Gasteiger partial charge < -0.3 is 10.2 Å². The highest BCUT2D eigenvalue weighted by molar-refractivity contribution is 6.04. The lowest BCUT2D eigenvalue weighted by atomic mass is 9.99. The van der Waals surface area contributed by atoms with E-state index in [4.69, 9.17) is 6.57 Å². The first-order valence-electron chi connectivity index (χ1n) is 7.25. The van der Waals surface area contributed by atoms with Crippen molar-refractivity contribution in [3.8, 4) is 0 Å². The number of anilines is 1. The molecule has 0 radical (unpaired) electrons. The summed E-state index contributed by atoms with van der Waals surface area (Å²) in [5.74, 6) is -0.149. The molecule has 1 aliphatic heterocycles. The number of likely N-dealkylation sites (N-methyl/N-ethyl adjacent to an activating group) is 1. The first-order valence-corrected chi connectivity index (χ1v) is 7.25. The summed E-state index contributed by atoms with van der Waals surface area (Å²) in [6.07, 6.45) is 1.01. The van der Waals surface area contributed by atoms with Crippen LogP contribution in [0.3, 0.4) is 0 Å². The van der Waals surface area contributed by atoms with Gasteiger partial charge in [0.1, 0.15) is 0 Å². The van der Waals surface area contributed by atoms with Crippen LogP contribution in [0.4, 0.5) is 11.4 Å². The van der Waals surface area contributed by atoms with E-state index in [1.54, 1.807) is 24.3 Å². The molecular weight excluding hydrogens is 274 g/mol. The molecule has 0 fully saturated rings. The Balaban J connectivity index is 1.75. The minimum Gasteiger partial charge on any atom is -0.322 e. The SMILES string of the molecule is [C-]#[N+]c1ccc(C(=O)Nc2ccc3c(c2)CCN(C)C3)cc1. The molecule has 2 aromatic carbocycles. The van der Waals surface area contributed by atoms with Crippen LogP contribution in [0.25, 0.3) is 4.85 Å². The number of fused-ring (bicyclic) bond motifs is 1. The molecule has 22 heavy (non-hydrogen) atoms. The second-order valence-electron chi connectivity index (χ2n) is 5.58. The van der Waals surface area contributed by atoms with Crippen molar-refractivity contribution in [2.45, 2.75) is 13.0 Å². The summed E-state index contributed by atoms with van der Waals surface area (Å²) in [6, 6.07) is 12.8. The Labute approximate surface area is 130 Å². The number of amides is 1. The molecule has 3 rings (SSSR count). The number of hydrogen-bond acceptors (Lipinski definition) is 2. The van der Waals surface area contributed by atoms with Crippen LogP contribution in [0, 0.1) is 6.57 Å². The summed E-state index contributed by atoms with van der Waals surface area (Å²) in [6.45, 7) is 8.93. The van der Waals surface area contributed by atoms with Gasteiger partial charge in [-0.15, -0.1) is 0 Å². The van der Waals surface area contributed by atoms with Crippen LogP contribution in [-0.2, 0) is 13.0 Å². The number of carbonyl (C=O) groups excluding carboxylic acids is 1. The van der Waals surface area contributed by atoms with Gasteiger partial charge in [-0.25, -0.2) is 4.85 Å². The third-order valence-corrected chi connectivity index (χ3v) is 3.93. The topological polar surface area (TPSA) is 36.7 Å². The first kappa shape index (κ1) is 14.3. The molecule has 2 aromatic rings. The van der Waals surface area contributed by atoms with Gasteiger partial charge in [0.25, 0.3) is 5.91 Å². The molecule has 1 heterocycles. The number of carbonyl (C=O) groups is 1. The van der Waals surface area contributed by atoms with Gasteiger partial charge in [-0.2, -0.15) is 0 Å². The second kappa shape index (κ2) is 6.00. The molecule has 4 heteroatoms. The first-order chi connectivity index (χ1) is 10.7. The molecule has 0 bridgehead atoms. The van der Waals surface area contributed by atoms with Crippen molar-refractivity contribution < 1.29 is 4.79 Å². The lowest BCUT2D eigenvalue weighted by Gasteiger charge is -2.25. The zero-order valence-corrected chi connectivity index (χ0v) is 12.5. The molecule has 0 atom stereocenters. The van der Waals surface area contributed by atoms with Gasteiger partial charge in [0.15, 0.2) is 5.69 Å². The van der Waals surface area contributed by atoms with Crippen molar-refractivity contribution in [3.05, 3.63) is 70.6 Å². The van der Waals surface area contributed by atoms with E-state index >= 15 is 0 Å². The number of hydrogen-bond donors (Lipinski definition) is 1. The van der Waals surface area contributed by atoms with Crippen LogP contribution < -0.4 is 5.32 Å². The predicted molar refractivity (Wildman–Crippen MR) is 87.1 cm³/mol. The summed E-state index contributed by atoms with van der Waals surface area (Å²) in [7, 11) is 2.12. The molecule has 0 unspecified atom stereocenters. The van der Waals surface area contributed by atoms with E-state index < -0.39 is 0 Å². The molecule has 1 aliphatic rings. The van der Waals surface area contributed by atoms with Crippen molar-refractivity contribution in [1.82, 2.24) is 4.90 Å². The summed E-state index contributed by atoms with van der Waals surface area (Å²) in [5, 5.41) is 2.93. The summed E-state index contributed by atoms with van der Waals surface area (Å²) >= 11 is 0. The van der Waals surface area contributed by atoms with Gasteiger partial charge in [-0.1, -0.05) is 30.3 Å². The van der Waals surface area contributed by atoms with Gasteiger partial charge in [-0.05, 0) is 36.7 Å². The molecular formula is C18H17N3O. The Kier molecular flexibility index (Phi) is 3.90. The van der Waals surface area contributed by atoms with Crippen LogP contribution >= 0.6 is 0 Å². The Bertz CT molecular complexity index is 744. The minimum absolute atomic E-state index is 0.149. The van der Waals surface area contributed by atoms with Gasteiger partial charge in [-0.3, -0.25) is 4.79 Å². The van der Waals surface area contributed by atoms with Crippen molar-refractivity contribution in [3.63, 3.8) is 0 Å². The fourth-order valence-corrected chi connectivity index (χ4v) is 2.66. The molecule has 1 amide bonds. The molecule has 4 nitrogen and oxygen atoms in total. The summed E-state index contributed by atoms with van der Waals surface area (Å²) < 4.78 is 0. The van der Waals surface area contributed by atoms with Crippen LogP contribution in [0.15, 0.2) is 42.5 Å². The van der Waals surface area contributed by atoms with E-state index in [0.29, 0.717) is 11.3 Å². The highest BCUT2D eigenvalue weighted by Gasteiger charge is 2.14. The van der Waals surface area contributed by atoms with E-state index in [2.05, 4.69) is 34.2 Å². The van der Waals surface area contributed by atoms with E-state index in [9.17, 15) is 4.79 Å². The van der Waals surface area contributed by atoms with Crippen LogP contribution in [0.5, 0.6) is 0 Å². The fourth-order valence-electron chi connectivity index (χ4n) is 2.66. The highest BCUT2D eigenvalue weighted by Crippen LogP contribution is 2.22. The zero-order chi connectivity index (χ0) is 15.5. The minimum atomic E-state index is -0.149. The zero-order valence-electron chi connectivity index (χ0n) is 12.5. The van der Waals surface area contributed by atoms with Crippen LogP contribution in [-0.4, -0.2) is 24.4 Å². The Morgan fingerprint density at radius 1 is 1.18 bits per heavy atom. The van der Waals surface area contributed by atoms with Gasteiger partial charge in [0, 0.05) is 24.3 Å². The quantitative estimate of drug-likeness (QED) is 0.860. The summed E-state index contributed by atoms with van der Waals surface area (Å²) in [4.78, 5) is 17.9. The second-order valence-corrected chi connectivity index (χ2v) is 5.58. The maximum Gasteiger partial charge on any atom is 0.255 e. The lowest BCUT2D eigenvalue weighted by molar-refractivity contribution is 0.102. The number of nitrogens with one attached hydrogen (secondary N) is 1. The van der Waals surface area contributed by atoms with E-state index in [1.807, 2.05) is 6.07 Å². The third kappa shape index (κ3) is 3.00. The molecule has 0 saturated carbocycles. The summed E-state index contributed by atoms with van der Waals surface area (Å²) in [5.41, 5.74) is 4.55. The van der Waals surface area contributed by atoms with Crippen molar-refractivity contribution in [2.24, 2.45) is 0 Å². The molecule has 110 valence electrons. The van der Waals surface area contributed by atoms with Crippen molar-refractivity contribution >= 4 is 17.3 Å². The Morgan fingerprint density at radius 2 is 1.95 bits per heavy atom. The largest absolute Gasteiger partial charge is 0.322 e. The van der Waals surface area contributed by atoms with Crippen molar-refractivity contribution in [2.75, 3.05) is 18.9 Å². The Hall–Kier alpha value is -2.64. The number of rotatable bonds is 2. The third-order valence-electron chi connectivity index (χ3n) is 3.93. The Morgan fingerprint density at radius 3 is 2.68 bits per heavy atom. The number of nitrogens with zero attached hydrogens (tertiary/aromatic N) is 2. The fraction of sp³-hybridized carbons (Fsp3) is 0.222. The molecule has 0 aromatic heterocycles.